The number of aryl methyl sites for hydroxylation is 1. The van der Waals surface area contributed by atoms with Crippen molar-refractivity contribution >= 4 is 23.2 Å². The number of aliphatic carboxylic acids is 1. The molecule has 1 aliphatic rings. The van der Waals surface area contributed by atoms with Gasteiger partial charge in [-0.3, -0.25) is 9.59 Å². The van der Waals surface area contributed by atoms with Gasteiger partial charge in [-0.15, -0.1) is 11.3 Å². The third-order valence-corrected chi connectivity index (χ3v) is 4.47. The number of carbonyl (C=O) groups excluding carboxylic acids is 1. The average molecular weight is 283 g/mol. The first kappa shape index (κ1) is 13.9. The second-order valence-corrected chi connectivity index (χ2v) is 6.14. The maximum absolute atomic E-state index is 12.4. The number of rotatable bonds is 3. The van der Waals surface area contributed by atoms with E-state index in [2.05, 4.69) is 0 Å². The van der Waals surface area contributed by atoms with Gasteiger partial charge in [0.2, 0.25) is 0 Å². The zero-order valence-corrected chi connectivity index (χ0v) is 12.0. The zero-order valence-electron chi connectivity index (χ0n) is 11.2. The number of ether oxygens (including phenoxy) is 1. The van der Waals surface area contributed by atoms with E-state index in [-0.39, 0.29) is 18.4 Å². The lowest BCUT2D eigenvalue weighted by atomic mass is 9.99. The fourth-order valence-corrected chi connectivity index (χ4v) is 3.34. The number of nitrogens with zero attached hydrogens (tertiary/aromatic N) is 1. The summed E-state index contributed by atoms with van der Waals surface area (Å²) in [5.74, 6) is -0.897. The molecule has 0 spiro atoms. The van der Waals surface area contributed by atoms with E-state index >= 15 is 0 Å². The minimum atomic E-state index is -0.836. The van der Waals surface area contributed by atoms with E-state index in [0.29, 0.717) is 17.2 Å². The van der Waals surface area contributed by atoms with Gasteiger partial charge in [0.1, 0.15) is 10.6 Å². The highest BCUT2D eigenvalue weighted by atomic mass is 32.1. The van der Waals surface area contributed by atoms with E-state index in [4.69, 9.17) is 9.84 Å². The highest BCUT2D eigenvalue weighted by molar-refractivity contribution is 7.14. The lowest BCUT2D eigenvalue weighted by Crippen LogP contribution is -2.29. The van der Waals surface area contributed by atoms with Crippen molar-refractivity contribution in [2.45, 2.75) is 13.8 Å². The highest BCUT2D eigenvalue weighted by Crippen LogP contribution is 2.32. The number of carboxylic acid groups (broad SMARTS) is 1. The molecule has 104 valence electrons. The fourth-order valence-electron chi connectivity index (χ4n) is 2.39. The first-order chi connectivity index (χ1) is 8.93. The minimum absolute atomic E-state index is 0.0199. The summed E-state index contributed by atoms with van der Waals surface area (Å²) in [6.07, 6.45) is 0. The van der Waals surface area contributed by atoms with Crippen molar-refractivity contribution in [3.05, 3.63) is 15.8 Å². The van der Waals surface area contributed by atoms with Crippen LogP contribution >= 0.6 is 11.3 Å². The highest BCUT2D eigenvalue weighted by Gasteiger charge is 2.38. The quantitative estimate of drug-likeness (QED) is 0.919. The van der Waals surface area contributed by atoms with Crippen LogP contribution in [0.5, 0.6) is 5.75 Å². The van der Waals surface area contributed by atoms with Gasteiger partial charge in [-0.1, -0.05) is 6.92 Å². The molecule has 1 N–H and O–H groups in total. The van der Waals surface area contributed by atoms with Gasteiger partial charge in [-0.25, -0.2) is 0 Å². The average Bonchev–Trinajstić information content (AvgIpc) is 2.91. The first-order valence-corrected chi connectivity index (χ1v) is 6.92. The van der Waals surface area contributed by atoms with E-state index in [9.17, 15) is 9.59 Å². The molecule has 0 bridgehead atoms. The number of hydrogen-bond donors (Lipinski definition) is 1. The Labute approximate surface area is 115 Å². The van der Waals surface area contributed by atoms with Crippen molar-refractivity contribution in [3.63, 3.8) is 0 Å². The van der Waals surface area contributed by atoms with E-state index in [0.717, 1.165) is 4.88 Å². The third-order valence-electron chi connectivity index (χ3n) is 3.45. The second-order valence-electron chi connectivity index (χ2n) is 4.89. The number of hydrogen-bond acceptors (Lipinski definition) is 4. The van der Waals surface area contributed by atoms with Gasteiger partial charge in [0.25, 0.3) is 5.91 Å². The van der Waals surface area contributed by atoms with Crippen LogP contribution in [0, 0.1) is 18.8 Å². The number of methoxy groups -OCH3 is 1. The molecule has 2 heterocycles. The van der Waals surface area contributed by atoms with Gasteiger partial charge in [0.05, 0.1) is 13.0 Å². The molecule has 1 aliphatic heterocycles. The minimum Gasteiger partial charge on any atom is -0.495 e. The summed E-state index contributed by atoms with van der Waals surface area (Å²) in [5, 5.41) is 9.10. The van der Waals surface area contributed by atoms with Crippen molar-refractivity contribution in [2.75, 3.05) is 20.2 Å². The summed E-state index contributed by atoms with van der Waals surface area (Å²) in [5.41, 5.74) is 0. The molecule has 0 unspecified atom stereocenters. The lowest BCUT2D eigenvalue weighted by Gasteiger charge is -2.15. The number of likely N-dealkylation sites (tertiary alicyclic amines) is 1. The molecule has 1 amide bonds. The Hall–Kier alpha value is -1.56. The summed E-state index contributed by atoms with van der Waals surface area (Å²) < 4.78 is 5.19. The molecule has 5 nitrogen and oxygen atoms in total. The van der Waals surface area contributed by atoms with E-state index < -0.39 is 11.9 Å². The van der Waals surface area contributed by atoms with Crippen molar-refractivity contribution in [1.29, 1.82) is 0 Å². The van der Waals surface area contributed by atoms with Gasteiger partial charge >= 0.3 is 5.97 Å². The summed E-state index contributed by atoms with van der Waals surface area (Å²) in [7, 11) is 1.53. The molecule has 2 rings (SSSR count). The van der Waals surface area contributed by atoms with Crippen LogP contribution < -0.4 is 4.74 Å². The number of carboxylic acids is 1. The fraction of sp³-hybridized carbons (Fsp3) is 0.538. The third kappa shape index (κ3) is 2.58. The topological polar surface area (TPSA) is 66.8 Å². The Balaban J connectivity index is 2.19. The van der Waals surface area contributed by atoms with Crippen LogP contribution in [0.3, 0.4) is 0 Å². The van der Waals surface area contributed by atoms with Crippen LogP contribution in [-0.2, 0) is 4.79 Å². The molecule has 1 aromatic rings. The van der Waals surface area contributed by atoms with Crippen LogP contribution in [-0.4, -0.2) is 42.1 Å². The Kier molecular flexibility index (Phi) is 3.80. The van der Waals surface area contributed by atoms with Gasteiger partial charge in [-0.05, 0) is 18.9 Å². The molecule has 19 heavy (non-hydrogen) atoms. The molecular weight excluding hydrogens is 266 g/mol. The Morgan fingerprint density at radius 3 is 2.68 bits per heavy atom. The molecule has 0 aliphatic carbocycles. The SMILES string of the molecule is COc1cc(C)sc1C(=O)N1C[C@@H](C)[C@H](C(=O)O)C1. The van der Waals surface area contributed by atoms with Crippen LogP contribution in [0.15, 0.2) is 6.07 Å². The van der Waals surface area contributed by atoms with E-state index in [1.54, 1.807) is 4.90 Å². The van der Waals surface area contributed by atoms with Crippen molar-refractivity contribution in [3.8, 4) is 5.75 Å². The summed E-state index contributed by atoms with van der Waals surface area (Å²) in [4.78, 5) is 26.7. The summed E-state index contributed by atoms with van der Waals surface area (Å²) in [6.45, 7) is 4.53. The summed E-state index contributed by atoms with van der Waals surface area (Å²) >= 11 is 1.38. The molecule has 1 saturated heterocycles. The van der Waals surface area contributed by atoms with E-state index in [1.807, 2.05) is 19.9 Å². The molecule has 6 heteroatoms. The number of thiophene rings is 1. The zero-order chi connectivity index (χ0) is 14.2. The predicted molar refractivity (Wildman–Crippen MR) is 71.8 cm³/mol. The molecule has 0 aromatic carbocycles. The van der Waals surface area contributed by atoms with Crippen LogP contribution in [0.25, 0.3) is 0 Å². The monoisotopic (exact) mass is 283 g/mol. The Morgan fingerprint density at radius 2 is 2.16 bits per heavy atom. The molecular formula is C13H17NO4S. The van der Waals surface area contributed by atoms with Crippen molar-refractivity contribution in [2.24, 2.45) is 11.8 Å². The van der Waals surface area contributed by atoms with Crippen molar-refractivity contribution in [1.82, 2.24) is 4.90 Å². The van der Waals surface area contributed by atoms with Gasteiger partial charge in [0.15, 0.2) is 0 Å². The predicted octanol–water partition coefficient (Wildman–Crippen LogP) is 1.86. The van der Waals surface area contributed by atoms with Crippen LogP contribution in [0.2, 0.25) is 0 Å². The van der Waals surface area contributed by atoms with Gasteiger partial charge in [-0.2, -0.15) is 0 Å². The molecule has 2 atom stereocenters. The van der Waals surface area contributed by atoms with Crippen LogP contribution in [0.4, 0.5) is 0 Å². The van der Waals surface area contributed by atoms with E-state index in [1.165, 1.54) is 18.4 Å². The largest absolute Gasteiger partial charge is 0.495 e. The van der Waals surface area contributed by atoms with Crippen LogP contribution in [0.1, 0.15) is 21.5 Å². The number of carbonyl (C=O) groups is 2. The smallest absolute Gasteiger partial charge is 0.308 e. The Bertz CT molecular complexity index is 511. The second kappa shape index (κ2) is 5.21. The van der Waals surface area contributed by atoms with Gasteiger partial charge < -0.3 is 14.7 Å². The maximum Gasteiger partial charge on any atom is 0.308 e. The molecule has 1 fully saturated rings. The molecule has 0 radical (unpaired) electrons. The summed E-state index contributed by atoms with van der Waals surface area (Å²) in [6, 6.07) is 1.83. The Morgan fingerprint density at radius 1 is 1.47 bits per heavy atom. The lowest BCUT2D eigenvalue weighted by molar-refractivity contribution is -0.142. The van der Waals surface area contributed by atoms with Gasteiger partial charge in [0, 0.05) is 18.0 Å². The standard InChI is InChI=1S/C13H17NO4S/c1-7-5-14(6-9(7)13(16)17)12(15)11-10(18-3)4-8(2)19-11/h4,7,9H,5-6H2,1-3H3,(H,16,17)/t7-,9-/m1/s1. The first-order valence-electron chi connectivity index (χ1n) is 6.10. The van der Waals surface area contributed by atoms with Crippen molar-refractivity contribution < 1.29 is 19.4 Å². The molecule has 0 saturated carbocycles. The molecule has 1 aromatic heterocycles. The number of amides is 1. The normalized spacial score (nSPS) is 22.6. The maximum atomic E-state index is 12.4.